The number of halogens is 2. The summed E-state index contributed by atoms with van der Waals surface area (Å²) < 4.78 is 20.8. The van der Waals surface area contributed by atoms with E-state index in [0.717, 1.165) is 5.82 Å². The van der Waals surface area contributed by atoms with Crippen LogP contribution in [0.1, 0.15) is 12.7 Å². The molecule has 0 aliphatic heterocycles. The predicted molar refractivity (Wildman–Crippen MR) is 101 cm³/mol. The van der Waals surface area contributed by atoms with Crippen LogP contribution in [0, 0.1) is 5.82 Å². The summed E-state index contributed by atoms with van der Waals surface area (Å²) >= 11 is 0. The summed E-state index contributed by atoms with van der Waals surface area (Å²) in [5.41, 5.74) is 0. The van der Waals surface area contributed by atoms with Crippen molar-refractivity contribution in [3.63, 3.8) is 0 Å². The normalized spacial score (nSPS) is 12.2. The summed E-state index contributed by atoms with van der Waals surface area (Å²) in [5, 5.41) is 10.3. The smallest absolute Gasteiger partial charge is 0.191 e. The fraction of sp³-hybridized carbons (Fsp3) is 0.400. The molecule has 1 aromatic heterocycles. The lowest BCUT2D eigenvalue weighted by Gasteiger charge is -2.17. The van der Waals surface area contributed by atoms with E-state index in [4.69, 9.17) is 4.74 Å². The molecule has 0 amide bonds. The number of hydrogen-bond donors (Lipinski definition) is 2. The molecule has 0 aliphatic carbocycles. The number of benzene rings is 1. The van der Waals surface area contributed by atoms with Gasteiger partial charge in [-0.2, -0.15) is 5.10 Å². The topological polar surface area (TPSA) is 76.4 Å². The van der Waals surface area contributed by atoms with E-state index in [2.05, 4.69) is 25.7 Å². The van der Waals surface area contributed by atoms with Crippen LogP contribution in [0.25, 0.3) is 0 Å². The number of ether oxygens (including phenoxy) is 1. The Balaban J connectivity index is 0.00000288. The standard InChI is InChI=1S/C15H21FN6O.HI/c1-11(23-13-7-5-4-6-12(13)16)8-18-15(17-2)19-9-14-20-10-21-22(14)3;/h4-7,10-11H,8-9H2,1-3H3,(H2,17,18,19);1H. The van der Waals surface area contributed by atoms with Crippen molar-refractivity contribution < 1.29 is 9.13 Å². The predicted octanol–water partition coefficient (Wildman–Crippen LogP) is 1.70. The van der Waals surface area contributed by atoms with Crippen LogP contribution in [0.3, 0.4) is 0 Å². The van der Waals surface area contributed by atoms with Crippen LogP contribution in [0.4, 0.5) is 4.39 Å². The summed E-state index contributed by atoms with van der Waals surface area (Å²) in [5.74, 6) is 1.27. The third-order valence-corrected chi connectivity index (χ3v) is 3.16. The molecule has 9 heteroatoms. The number of nitrogens with zero attached hydrogens (tertiary/aromatic N) is 4. The molecule has 1 atom stereocenters. The first-order valence-electron chi connectivity index (χ1n) is 7.28. The maximum atomic E-state index is 13.5. The van der Waals surface area contributed by atoms with E-state index >= 15 is 0 Å². The van der Waals surface area contributed by atoms with Gasteiger partial charge in [-0.05, 0) is 19.1 Å². The van der Waals surface area contributed by atoms with Gasteiger partial charge in [-0.15, -0.1) is 24.0 Å². The van der Waals surface area contributed by atoms with Crippen molar-refractivity contribution in [2.24, 2.45) is 12.0 Å². The Labute approximate surface area is 157 Å². The summed E-state index contributed by atoms with van der Waals surface area (Å²) in [6, 6.07) is 6.34. The lowest BCUT2D eigenvalue weighted by atomic mass is 10.3. The lowest BCUT2D eigenvalue weighted by Crippen LogP contribution is -2.41. The Kier molecular flexibility index (Phi) is 8.44. The molecule has 0 saturated carbocycles. The van der Waals surface area contributed by atoms with E-state index in [0.29, 0.717) is 19.0 Å². The zero-order valence-corrected chi connectivity index (χ0v) is 16.2. The third-order valence-electron chi connectivity index (χ3n) is 3.16. The van der Waals surface area contributed by atoms with Gasteiger partial charge in [0.05, 0.1) is 13.1 Å². The number of para-hydroxylation sites is 1. The molecule has 24 heavy (non-hydrogen) atoms. The highest BCUT2D eigenvalue weighted by atomic mass is 127. The van der Waals surface area contributed by atoms with Crippen molar-refractivity contribution in [3.05, 3.63) is 42.2 Å². The minimum Gasteiger partial charge on any atom is -0.486 e. The Morgan fingerprint density at radius 1 is 1.38 bits per heavy atom. The number of aromatic nitrogens is 3. The molecule has 2 aromatic rings. The van der Waals surface area contributed by atoms with Crippen LogP contribution in [0.15, 0.2) is 35.6 Å². The molecule has 2 rings (SSSR count). The zero-order chi connectivity index (χ0) is 16.7. The molecule has 0 saturated heterocycles. The highest BCUT2D eigenvalue weighted by Crippen LogP contribution is 2.16. The summed E-state index contributed by atoms with van der Waals surface area (Å²) in [6.07, 6.45) is 1.28. The SMILES string of the molecule is CN=C(NCc1ncnn1C)NCC(C)Oc1ccccc1F.I. The molecule has 0 aliphatic rings. The summed E-state index contributed by atoms with van der Waals surface area (Å²) in [6.45, 7) is 2.83. The van der Waals surface area contributed by atoms with Gasteiger partial charge < -0.3 is 15.4 Å². The van der Waals surface area contributed by atoms with Crippen molar-refractivity contribution >= 4 is 29.9 Å². The zero-order valence-electron chi connectivity index (χ0n) is 13.9. The number of rotatable bonds is 6. The van der Waals surface area contributed by atoms with Crippen LogP contribution in [-0.2, 0) is 13.6 Å². The van der Waals surface area contributed by atoms with E-state index in [9.17, 15) is 4.39 Å². The molecule has 7 nitrogen and oxygen atoms in total. The Morgan fingerprint density at radius 3 is 2.75 bits per heavy atom. The second-order valence-corrected chi connectivity index (χ2v) is 4.97. The Morgan fingerprint density at radius 2 is 2.12 bits per heavy atom. The van der Waals surface area contributed by atoms with Crippen molar-refractivity contribution in [2.45, 2.75) is 19.6 Å². The molecule has 0 bridgehead atoms. The quantitative estimate of drug-likeness (QED) is 0.400. The van der Waals surface area contributed by atoms with Gasteiger partial charge in [-0.3, -0.25) is 9.67 Å². The number of aryl methyl sites for hydroxylation is 1. The monoisotopic (exact) mass is 448 g/mol. The fourth-order valence-electron chi connectivity index (χ4n) is 1.90. The van der Waals surface area contributed by atoms with Crippen molar-refractivity contribution in [1.29, 1.82) is 0 Å². The number of nitrogens with one attached hydrogen (secondary N) is 2. The second-order valence-electron chi connectivity index (χ2n) is 4.97. The first kappa shape index (κ1) is 20.1. The molecule has 1 heterocycles. The minimum absolute atomic E-state index is 0. The molecule has 132 valence electrons. The molecule has 1 unspecified atom stereocenters. The molecule has 0 spiro atoms. The fourth-order valence-corrected chi connectivity index (χ4v) is 1.90. The van der Waals surface area contributed by atoms with Gasteiger partial charge in [-0.25, -0.2) is 9.37 Å². The van der Waals surface area contributed by atoms with Gasteiger partial charge >= 0.3 is 0 Å². The second kappa shape index (κ2) is 10.1. The molecule has 1 aromatic carbocycles. The Bertz CT molecular complexity index is 663. The van der Waals surface area contributed by atoms with Gasteiger partial charge in [0.1, 0.15) is 18.3 Å². The minimum atomic E-state index is -0.371. The van der Waals surface area contributed by atoms with Crippen LogP contribution in [-0.4, -0.2) is 40.4 Å². The van der Waals surface area contributed by atoms with Crippen LogP contribution >= 0.6 is 24.0 Å². The van der Waals surface area contributed by atoms with Crippen LogP contribution < -0.4 is 15.4 Å². The van der Waals surface area contributed by atoms with Gasteiger partial charge in [0.25, 0.3) is 0 Å². The molecular weight excluding hydrogens is 426 g/mol. The maximum absolute atomic E-state index is 13.5. The van der Waals surface area contributed by atoms with Gasteiger partial charge in [0.2, 0.25) is 0 Å². The van der Waals surface area contributed by atoms with E-state index in [1.165, 1.54) is 12.4 Å². The number of hydrogen-bond acceptors (Lipinski definition) is 4. The first-order valence-corrected chi connectivity index (χ1v) is 7.28. The van der Waals surface area contributed by atoms with Gasteiger partial charge in [0, 0.05) is 14.1 Å². The molecular formula is C15H22FIN6O. The van der Waals surface area contributed by atoms with Crippen molar-refractivity contribution in [1.82, 2.24) is 25.4 Å². The number of guanidine groups is 1. The van der Waals surface area contributed by atoms with Crippen molar-refractivity contribution in [2.75, 3.05) is 13.6 Å². The van der Waals surface area contributed by atoms with E-state index in [-0.39, 0.29) is 41.6 Å². The lowest BCUT2D eigenvalue weighted by molar-refractivity contribution is 0.214. The van der Waals surface area contributed by atoms with Crippen LogP contribution in [0.2, 0.25) is 0 Å². The third kappa shape index (κ3) is 5.95. The maximum Gasteiger partial charge on any atom is 0.191 e. The van der Waals surface area contributed by atoms with Gasteiger partial charge in [-0.1, -0.05) is 12.1 Å². The molecule has 0 radical (unpaired) electrons. The van der Waals surface area contributed by atoms with Gasteiger partial charge in [0.15, 0.2) is 17.5 Å². The highest BCUT2D eigenvalue weighted by molar-refractivity contribution is 14.0. The average molecular weight is 448 g/mol. The van der Waals surface area contributed by atoms with Crippen molar-refractivity contribution in [3.8, 4) is 5.75 Å². The van der Waals surface area contributed by atoms with E-state index in [1.807, 2.05) is 14.0 Å². The summed E-state index contributed by atoms with van der Waals surface area (Å²) in [7, 11) is 3.50. The Hall–Kier alpha value is -1.91. The first-order chi connectivity index (χ1) is 11.1. The summed E-state index contributed by atoms with van der Waals surface area (Å²) in [4.78, 5) is 8.24. The average Bonchev–Trinajstić information content (AvgIpc) is 2.95. The largest absolute Gasteiger partial charge is 0.486 e. The highest BCUT2D eigenvalue weighted by Gasteiger charge is 2.09. The van der Waals surface area contributed by atoms with E-state index in [1.54, 1.807) is 29.9 Å². The van der Waals surface area contributed by atoms with Crippen LogP contribution in [0.5, 0.6) is 5.75 Å². The van der Waals surface area contributed by atoms with E-state index < -0.39 is 0 Å². The molecule has 2 N–H and O–H groups in total. The molecule has 0 fully saturated rings. The number of aliphatic imine (C=N–C) groups is 1.